The molecule has 0 saturated heterocycles. The van der Waals surface area contributed by atoms with Crippen molar-refractivity contribution in [1.29, 1.82) is 0 Å². The number of anilines is 1. The van der Waals surface area contributed by atoms with E-state index in [1.807, 2.05) is 31.2 Å². The zero-order valence-corrected chi connectivity index (χ0v) is 13.0. The quantitative estimate of drug-likeness (QED) is 0.718. The average molecular weight is 333 g/mol. The average Bonchev–Trinajstić information content (AvgIpc) is 2.85. The monoisotopic (exact) mass is 333 g/mol. The summed E-state index contributed by atoms with van der Waals surface area (Å²) in [6.45, 7) is 1.82. The number of carbonyl (C=O) groups is 1. The van der Waals surface area contributed by atoms with E-state index >= 15 is 0 Å². The smallest absolute Gasteiger partial charge is 0.412 e. The lowest BCUT2D eigenvalue weighted by Gasteiger charge is -2.18. The fourth-order valence-electron chi connectivity index (χ4n) is 2.47. The third-order valence-corrected chi connectivity index (χ3v) is 4.92. The van der Waals surface area contributed by atoms with Crippen LogP contribution in [0.3, 0.4) is 0 Å². The summed E-state index contributed by atoms with van der Waals surface area (Å²) in [4.78, 5) is 12.8. The minimum Gasteiger partial charge on any atom is -0.465 e. The standard InChI is InChI=1S/C17H13F2NO2S/c1-10-12-4-2-3-5-15(12)23-16(10)20(17(21)22)9-11-6-7-13(18)14(19)8-11/h2-8H,9H2,1H3,(H,21,22). The molecule has 0 bridgehead atoms. The van der Waals surface area contributed by atoms with Crippen molar-refractivity contribution in [2.45, 2.75) is 13.5 Å². The number of rotatable bonds is 3. The summed E-state index contributed by atoms with van der Waals surface area (Å²) in [6.07, 6.45) is -1.13. The number of halogens is 2. The maximum Gasteiger partial charge on any atom is 0.412 e. The van der Waals surface area contributed by atoms with E-state index in [0.717, 1.165) is 32.7 Å². The zero-order chi connectivity index (χ0) is 16.6. The Bertz CT molecular complexity index is 891. The van der Waals surface area contributed by atoms with Crippen molar-refractivity contribution in [2.24, 2.45) is 0 Å². The van der Waals surface area contributed by atoms with Crippen molar-refractivity contribution in [1.82, 2.24) is 0 Å². The molecule has 1 amide bonds. The highest BCUT2D eigenvalue weighted by Gasteiger charge is 2.21. The van der Waals surface area contributed by atoms with Crippen molar-refractivity contribution in [2.75, 3.05) is 4.90 Å². The van der Waals surface area contributed by atoms with Crippen LogP contribution in [-0.2, 0) is 6.54 Å². The fraction of sp³-hybridized carbons (Fsp3) is 0.118. The predicted octanol–water partition coefficient (Wildman–Crippen LogP) is 5.17. The molecular formula is C17H13F2NO2S. The lowest BCUT2D eigenvalue weighted by molar-refractivity contribution is 0.201. The van der Waals surface area contributed by atoms with Crippen molar-refractivity contribution in [3.63, 3.8) is 0 Å². The van der Waals surface area contributed by atoms with Crippen molar-refractivity contribution in [3.8, 4) is 0 Å². The molecule has 0 atom stereocenters. The number of hydrogen-bond donors (Lipinski definition) is 1. The molecular weight excluding hydrogens is 320 g/mol. The first-order valence-corrected chi connectivity index (χ1v) is 7.71. The van der Waals surface area contributed by atoms with Gasteiger partial charge in [0.15, 0.2) is 11.6 Å². The summed E-state index contributed by atoms with van der Waals surface area (Å²) in [5.74, 6) is -1.94. The molecule has 1 N–H and O–H groups in total. The Morgan fingerprint density at radius 3 is 2.57 bits per heavy atom. The fourth-order valence-corrected chi connectivity index (χ4v) is 3.67. The van der Waals surface area contributed by atoms with E-state index < -0.39 is 17.7 Å². The normalized spacial score (nSPS) is 10.9. The van der Waals surface area contributed by atoms with Crippen LogP contribution in [-0.4, -0.2) is 11.2 Å². The van der Waals surface area contributed by atoms with Gasteiger partial charge < -0.3 is 5.11 Å². The minimum absolute atomic E-state index is 0.0415. The summed E-state index contributed by atoms with van der Waals surface area (Å²) in [5, 5.41) is 11.1. The molecule has 0 unspecified atom stereocenters. The van der Waals surface area contributed by atoms with Crippen LogP contribution in [0.1, 0.15) is 11.1 Å². The van der Waals surface area contributed by atoms with Crippen LogP contribution in [0.15, 0.2) is 42.5 Å². The van der Waals surface area contributed by atoms with E-state index in [2.05, 4.69) is 0 Å². The zero-order valence-electron chi connectivity index (χ0n) is 12.2. The molecule has 0 spiro atoms. The van der Waals surface area contributed by atoms with E-state index in [4.69, 9.17) is 0 Å². The number of thiophene rings is 1. The van der Waals surface area contributed by atoms with E-state index in [-0.39, 0.29) is 6.54 Å². The number of hydrogen-bond acceptors (Lipinski definition) is 2. The topological polar surface area (TPSA) is 40.5 Å². The van der Waals surface area contributed by atoms with Crippen LogP contribution in [0, 0.1) is 18.6 Å². The predicted molar refractivity (Wildman–Crippen MR) is 87.1 cm³/mol. The molecule has 0 aliphatic heterocycles. The number of nitrogens with zero attached hydrogens (tertiary/aromatic N) is 1. The molecule has 1 aromatic heterocycles. The Kier molecular flexibility index (Phi) is 4.00. The first kappa shape index (κ1) is 15.4. The second-order valence-electron chi connectivity index (χ2n) is 5.15. The summed E-state index contributed by atoms with van der Waals surface area (Å²) in [7, 11) is 0. The summed E-state index contributed by atoms with van der Waals surface area (Å²) < 4.78 is 27.3. The van der Waals surface area contributed by atoms with E-state index in [1.165, 1.54) is 17.4 Å². The highest BCUT2D eigenvalue weighted by atomic mass is 32.1. The molecule has 118 valence electrons. The Morgan fingerprint density at radius 2 is 1.91 bits per heavy atom. The Morgan fingerprint density at radius 1 is 1.17 bits per heavy atom. The molecule has 0 fully saturated rings. The first-order valence-electron chi connectivity index (χ1n) is 6.90. The van der Waals surface area contributed by atoms with Crippen LogP contribution in [0.5, 0.6) is 0 Å². The van der Waals surface area contributed by atoms with Crippen LogP contribution >= 0.6 is 11.3 Å². The van der Waals surface area contributed by atoms with Crippen LogP contribution < -0.4 is 4.90 Å². The van der Waals surface area contributed by atoms with Crippen molar-refractivity contribution >= 4 is 32.5 Å². The Hall–Kier alpha value is -2.47. The molecule has 3 aromatic rings. The van der Waals surface area contributed by atoms with Crippen LogP contribution in [0.2, 0.25) is 0 Å². The second-order valence-corrected chi connectivity index (χ2v) is 6.18. The molecule has 1 heterocycles. The van der Waals surface area contributed by atoms with Crippen molar-refractivity contribution < 1.29 is 18.7 Å². The minimum atomic E-state index is -1.13. The molecule has 6 heteroatoms. The van der Waals surface area contributed by atoms with Crippen molar-refractivity contribution in [3.05, 3.63) is 65.2 Å². The lowest BCUT2D eigenvalue weighted by Crippen LogP contribution is -2.28. The maximum absolute atomic E-state index is 13.3. The molecule has 23 heavy (non-hydrogen) atoms. The summed E-state index contributed by atoms with van der Waals surface area (Å²) >= 11 is 1.36. The van der Waals surface area contributed by atoms with Gasteiger partial charge in [0, 0.05) is 4.70 Å². The highest BCUT2D eigenvalue weighted by Crippen LogP contribution is 2.38. The van der Waals surface area contributed by atoms with Crippen LogP contribution in [0.4, 0.5) is 18.6 Å². The van der Waals surface area contributed by atoms with Gasteiger partial charge in [-0.1, -0.05) is 24.3 Å². The largest absolute Gasteiger partial charge is 0.465 e. The van der Waals surface area contributed by atoms with E-state index in [9.17, 15) is 18.7 Å². The number of benzene rings is 2. The number of fused-ring (bicyclic) bond motifs is 1. The number of carboxylic acid groups (broad SMARTS) is 1. The highest BCUT2D eigenvalue weighted by molar-refractivity contribution is 7.23. The summed E-state index contributed by atoms with van der Waals surface area (Å²) in [6, 6.07) is 11.1. The maximum atomic E-state index is 13.3. The third-order valence-electron chi connectivity index (χ3n) is 3.62. The molecule has 3 nitrogen and oxygen atoms in total. The van der Waals surface area contributed by atoms with Gasteiger partial charge in [0.1, 0.15) is 5.00 Å². The molecule has 0 saturated carbocycles. The van der Waals surface area contributed by atoms with Gasteiger partial charge >= 0.3 is 6.09 Å². The van der Waals surface area contributed by atoms with Crippen LogP contribution in [0.25, 0.3) is 10.1 Å². The SMILES string of the molecule is Cc1c(N(Cc2ccc(F)c(F)c2)C(=O)O)sc2ccccc12. The van der Waals surface area contributed by atoms with Gasteiger partial charge in [-0.2, -0.15) is 0 Å². The number of amides is 1. The second kappa shape index (κ2) is 5.96. The van der Waals surface area contributed by atoms with Gasteiger partial charge in [0.05, 0.1) is 6.54 Å². The Labute approximate surface area is 135 Å². The van der Waals surface area contributed by atoms with Gasteiger partial charge in [-0.15, -0.1) is 11.3 Å². The van der Waals surface area contributed by atoms with Gasteiger partial charge in [0.25, 0.3) is 0 Å². The van der Waals surface area contributed by atoms with E-state index in [0.29, 0.717) is 10.6 Å². The molecule has 3 rings (SSSR count). The molecule has 0 aliphatic carbocycles. The lowest BCUT2D eigenvalue weighted by atomic mass is 10.1. The Balaban J connectivity index is 2.02. The van der Waals surface area contributed by atoms with Gasteiger partial charge in [-0.25, -0.2) is 13.6 Å². The summed E-state index contributed by atoms with van der Waals surface area (Å²) in [5.41, 5.74) is 1.25. The van der Waals surface area contributed by atoms with Gasteiger partial charge in [-0.05, 0) is 41.6 Å². The van der Waals surface area contributed by atoms with E-state index in [1.54, 1.807) is 0 Å². The molecule has 2 aromatic carbocycles. The molecule has 0 radical (unpaired) electrons. The van der Waals surface area contributed by atoms with Gasteiger partial charge in [0.2, 0.25) is 0 Å². The first-order chi connectivity index (χ1) is 11.0. The third kappa shape index (κ3) is 2.90. The van der Waals surface area contributed by atoms with Gasteiger partial charge in [-0.3, -0.25) is 4.90 Å². The number of aryl methyl sites for hydroxylation is 1. The molecule has 0 aliphatic rings.